The molecule has 0 aliphatic carbocycles. The predicted molar refractivity (Wildman–Crippen MR) is 29.3 cm³/mol. The summed E-state index contributed by atoms with van der Waals surface area (Å²) in [7, 11) is 0. The topological polar surface area (TPSA) is 99.7 Å². The minimum absolute atomic E-state index is 0.0994. The Bertz CT molecular complexity index is 165. The zero-order chi connectivity index (χ0) is 6.85. The molecule has 0 aromatic heterocycles. The smallest absolute Gasteiger partial charge is 0.345 e. The first-order valence-corrected chi connectivity index (χ1v) is 2.28. The number of nitrogens with two attached hydrogens (primary N) is 1. The highest BCUT2D eigenvalue weighted by atomic mass is 16.4. The molecule has 1 heterocycles. The maximum atomic E-state index is 10.1. The van der Waals surface area contributed by atoms with Crippen molar-refractivity contribution in [1.82, 2.24) is 10.9 Å². The van der Waals surface area contributed by atoms with Crippen molar-refractivity contribution in [3.63, 3.8) is 0 Å². The van der Waals surface area contributed by atoms with Crippen molar-refractivity contribution < 1.29 is 9.90 Å². The van der Waals surface area contributed by atoms with Gasteiger partial charge in [-0.05, 0) is 0 Å². The molecule has 0 fully saturated rings. The van der Waals surface area contributed by atoms with Gasteiger partial charge in [-0.25, -0.2) is 15.2 Å². The quantitative estimate of drug-likeness (QED) is 0.323. The van der Waals surface area contributed by atoms with Crippen molar-refractivity contribution in [2.24, 2.45) is 10.7 Å². The number of carboxylic acids is 1. The summed E-state index contributed by atoms with van der Waals surface area (Å²) >= 11 is 0. The van der Waals surface area contributed by atoms with Gasteiger partial charge in [-0.1, -0.05) is 0 Å². The van der Waals surface area contributed by atoms with Gasteiger partial charge in [0.2, 0.25) is 12.1 Å². The number of hydrogen-bond donors (Lipinski definition) is 4. The lowest BCUT2D eigenvalue weighted by Gasteiger charge is -1.97. The molecule has 1 aliphatic heterocycles. The minimum atomic E-state index is -1.05. The number of nitrogens with one attached hydrogen (secondary N) is 2. The predicted octanol–water partition coefficient (Wildman–Crippen LogP) is -2.18. The highest BCUT2D eigenvalue weighted by Crippen LogP contribution is 1.88. The number of carboxylic acid groups (broad SMARTS) is 1. The van der Waals surface area contributed by atoms with E-state index >= 15 is 0 Å². The van der Waals surface area contributed by atoms with Crippen LogP contribution in [0.2, 0.25) is 0 Å². The number of nitrogens with zero attached hydrogens (tertiary/aromatic N) is 1. The number of guanidine groups is 1. The van der Waals surface area contributed by atoms with Crippen LogP contribution in [0.1, 0.15) is 0 Å². The first-order chi connectivity index (χ1) is 4.20. The Morgan fingerprint density at radius 1 is 1.89 bits per heavy atom. The average molecular weight is 130 g/mol. The molecular weight excluding hydrogens is 124 g/mol. The van der Waals surface area contributed by atoms with Crippen molar-refractivity contribution in [3.05, 3.63) is 0 Å². The van der Waals surface area contributed by atoms with E-state index in [1.807, 2.05) is 0 Å². The lowest BCUT2D eigenvalue weighted by Crippen LogP contribution is -2.41. The van der Waals surface area contributed by atoms with Gasteiger partial charge in [0.25, 0.3) is 0 Å². The van der Waals surface area contributed by atoms with Gasteiger partial charge < -0.3 is 10.8 Å². The van der Waals surface area contributed by atoms with E-state index < -0.39 is 12.1 Å². The fourth-order valence-corrected chi connectivity index (χ4v) is 0.463. The first kappa shape index (κ1) is 5.83. The summed E-state index contributed by atoms with van der Waals surface area (Å²) in [5.41, 5.74) is 9.75. The van der Waals surface area contributed by atoms with E-state index in [9.17, 15) is 4.79 Å². The fourth-order valence-electron chi connectivity index (χ4n) is 0.463. The van der Waals surface area contributed by atoms with Crippen LogP contribution in [0.5, 0.6) is 0 Å². The molecule has 0 aromatic rings. The number of carbonyl (C=O) groups is 1. The van der Waals surface area contributed by atoms with Crippen LogP contribution in [0.15, 0.2) is 4.99 Å². The van der Waals surface area contributed by atoms with Crippen LogP contribution in [0.25, 0.3) is 0 Å². The Kier molecular flexibility index (Phi) is 1.23. The van der Waals surface area contributed by atoms with Gasteiger partial charge >= 0.3 is 5.97 Å². The number of aliphatic imine (C=N–C) groups is 1. The van der Waals surface area contributed by atoms with Gasteiger partial charge in [-0.3, -0.25) is 5.43 Å². The maximum Gasteiger partial charge on any atom is 0.345 e. The standard InChI is InChI=1S/C3H6N4O2/c4-3-5-1(2(8)9)6-7-3/h1,6H,(H,8,9)(H3,4,5,7)/t1-/m0/s1. The molecule has 0 saturated carbocycles. The largest absolute Gasteiger partial charge is 0.479 e. The normalized spacial score (nSPS) is 24.9. The second-order valence-electron chi connectivity index (χ2n) is 1.52. The molecule has 1 rings (SSSR count). The summed E-state index contributed by atoms with van der Waals surface area (Å²) in [6.07, 6.45) is -0.940. The van der Waals surface area contributed by atoms with Crippen LogP contribution in [-0.4, -0.2) is 23.2 Å². The summed E-state index contributed by atoms with van der Waals surface area (Å²) < 4.78 is 0. The molecule has 1 atom stereocenters. The third-order valence-corrected chi connectivity index (χ3v) is 0.839. The van der Waals surface area contributed by atoms with E-state index in [2.05, 4.69) is 15.8 Å². The Hall–Kier alpha value is -1.30. The SMILES string of the molecule is NC1=N[C@H](C(=O)O)NN1. The number of rotatable bonds is 1. The third kappa shape index (κ3) is 1.08. The molecule has 0 saturated heterocycles. The van der Waals surface area contributed by atoms with Crippen molar-refractivity contribution in [3.8, 4) is 0 Å². The maximum absolute atomic E-state index is 10.1. The van der Waals surface area contributed by atoms with E-state index in [-0.39, 0.29) is 5.96 Å². The van der Waals surface area contributed by atoms with Gasteiger partial charge in [0.15, 0.2) is 0 Å². The van der Waals surface area contributed by atoms with Gasteiger partial charge in [0.1, 0.15) is 0 Å². The Morgan fingerprint density at radius 3 is 2.78 bits per heavy atom. The monoisotopic (exact) mass is 130 g/mol. The molecule has 0 bridgehead atoms. The summed E-state index contributed by atoms with van der Waals surface area (Å²) in [5, 5.41) is 8.27. The van der Waals surface area contributed by atoms with Crippen LogP contribution in [0, 0.1) is 0 Å². The van der Waals surface area contributed by atoms with Gasteiger partial charge in [0, 0.05) is 0 Å². The Morgan fingerprint density at radius 2 is 2.56 bits per heavy atom. The molecule has 6 heteroatoms. The Balaban J connectivity index is 2.57. The van der Waals surface area contributed by atoms with Crippen molar-refractivity contribution in [2.75, 3.05) is 0 Å². The number of hydrazine groups is 1. The van der Waals surface area contributed by atoms with E-state index in [1.165, 1.54) is 0 Å². The molecule has 6 nitrogen and oxygen atoms in total. The van der Waals surface area contributed by atoms with Crippen LogP contribution in [0.4, 0.5) is 0 Å². The summed E-state index contributed by atoms with van der Waals surface area (Å²) in [5.74, 6) is -0.953. The summed E-state index contributed by atoms with van der Waals surface area (Å²) in [6, 6.07) is 0. The second-order valence-corrected chi connectivity index (χ2v) is 1.52. The molecule has 1 aliphatic rings. The molecule has 0 aromatic carbocycles. The van der Waals surface area contributed by atoms with Gasteiger partial charge in [-0.15, -0.1) is 0 Å². The minimum Gasteiger partial charge on any atom is -0.479 e. The molecule has 0 unspecified atom stereocenters. The van der Waals surface area contributed by atoms with E-state index in [0.717, 1.165) is 0 Å². The van der Waals surface area contributed by atoms with Crippen molar-refractivity contribution >= 4 is 11.9 Å². The third-order valence-electron chi connectivity index (χ3n) is 0.839. The molecule has 0 radical (unpaired) electrons. The lowest BCUT2D eigenvalue weighted by molar-refractivity contribution is -0.139. The highest BCUT2D eigenvalue weighted by Gasteiger charge is 2.20. The second kappa shape index (κ2) is 1.90. The molecule has 9 heavy (non-hydrogen) atoms. The van der Waals surface area contributed by atoms with Crippen LogP contribution in [-0.2, 0) is 4.79 Å². The van der Waals surface area contributed by atoms with E-state index in [1.54, 1.807) is 0 Å². The van der Waals surface area contributed by atoms with E-state index in [0.29, 0.717) is 0 Å². The van der Waals surface area contributed by atoms with Gasteiger partial charge in [0.05, 0.1) is 0 Å². The fraction of sp³-hybridized carbons (Fsp3) is 0.333. The molecular formula is C3H6N4O2. The molecule has 50 valence electrons. The highest BCUT2D eigenvalue weighted by molar-refractivity contribution is 5.85. The molecule has 5 N–H and O–H groups in total. The van der Waals surface area contributed by atoms with Crippen LogP contribution >= 0.6 is 0 Å². The number of hydrogen-bond acceptors (Lipinski definition) is 5. The number of aliphatic carboxylic acids is 1. The molecule has 0 amide bonds. The van der Waals surface area contributed by atoms with E-state index in [4.69, 9.17) is 10.8 Å². The summed E-state index contributed by atoms with van der Waals surface area (Å²) in [4.78, 5) is 13.5. The summed E-state index contributed by atoms with van der Waals surface area (Å²) in [6.45, 7) is 0. The van der Waals surface area contributed by atoms with Crippen molar-refractivity contribution in [1.29, 1.82) is 0 Å². The first-order valence-electron chi connectivity index (χ1n) is 2.28. The van der Waals surface area contributed by atoms with Gasteiger partial charge in [-0.2, -0.15) is 0 Å². The molecule has 0 spiro atoms. The zero-order valence-electron chi connectivity index (χ0n) is 4.46. The van der Waals surface area contributed by atoms with Crippen LogP contribution < -0.4 is 16.6 Å². The lowest BCUT2D eigenvalue weighted by atomic mass is 10.5. The van der Waals surface area contributed by atoms with Crippen LogP contribution in [0.3, 0.4) is 0 Å². The van der Waals surface area contributed by atoms with Crippen molar-refractivity contribution in [2.45, 2.75) is 6.17 Å². The average Bonchev–Trinajstić information content (AvgIpc) is 2.14. The Labute approximate surface area is 50.7 Å². The zero-order valence-corrected chi connectivity index (χ0v) is 4.46.